The van der Waals surface area contributed by atoms with Gasteiger partial charge in [0.2, 0.25) is 0 Å². The normalized spacial score (nSPS) is 14.0. The molecule has 8 heteroatoms. The predicted octanol–water partition coefficient (Wildman–Crippen LogP) is 2.89. The van der Waals surface area contributed by atoms with Crippen molar-refractivity contribution in [1.29, 1.82) is 0 Å². The molecule has 4 rings (SSSR count). The number of carbonyl (C=O) groups excluding carboxylic acids is 1. The zero-order valence-corrected chi connectivity index (χ0v) is 17.0. The first kappa shape index (κ1) is 18.7. The first-order valence-corrected chi connectivity index (χ1v) is 10.8. The first-order valence-electron chi connectivity index (χ1n) is 9.53. The average Bonchev–Trinajstić information content (AvgIpc) is 3.38. The van der Waals surface area contributed by atoms with E-state index < -0.39 is 0 Å². The summed E-state index contributed by atoms with van der Waals surface area (Å²) in [5.74, 6) is 0.911. The van der Waals surface area contributed by atoms with E-state index in [2.05, 4.69) is 20.3 Å². The van der Waals surface area contributed by atoms with Crippen LogP contribution in [0, 0.1) is 6.92 Å². The van der Waals surface area contributed by atoms with Crippen LogP contribution >= 0.6 is 11.8 Å². The number of rotatable bonds is 6. The standard InChI is InChI=1S/C20H24N6OS/c1-14-7-3-4-8-15(14)19(27)21-9-12-26-18-16(13-22-26)17(23-20(24-18)28-2)25-10-5-6-11-25/h3-4,7-8,13H,5-6,9-12H2,1-2H3,(H,21,27). The van der Waals surface area contributed by atoms with Gasteiger partial charge in [-0.3, -0.25) is 4.79 Å². The Labute approximate surface area is 168 Å². The van der Waals surface area contributed by atoms with Gasteiger partial charge >= 0.3 is 0 Å². The van der Waals surface area contributed by atoms with Crippen LogP contribution in [0.5, 0.6) is 0 Å². The third kappa shape index (κ3) is 3.69. The molecule has 3 heterocycles. The topological polar surface area (TPSA) is 75.9 Å². The van der Waals surface area contributed by atoms with E-state index in [1.165, 1.54) is 24.6 Å². The van der Waals surface area contributed by atoms with Crippen molar-refractivity contribution in [2.75, 3.05) is 30.8 Å². The SMILES string of the molecule is CSc1nc(N2CCCC2)c2cnn(CCNC(=O)c3ccccc3C)c2n1. The summed E-state index contributed by atoms with van der Waals surface area (Å²) in [6.07, 6.45) is 6.21. The molecule has 1 fully saturated rings. The van der Waals surface area contributed by atoms with Crippen LogP contribution in [0.25, 0.3) is 11.0 Å². The van der Waals surface area contributed by atoms with Gasteiger partial charge in [-0.05, 0) is 37.7 Å². The molecule has 0 spiro atoms. The number of thioether (sulfide) groups is 1. The van der Waals surface area contributed by atoms with Crippen molar-refractivity contribution < 1.29 is 4.79 Å². The molecule has 7 nitrogen and oxygen atoms in total. The van der Waals surface area contributed by atoms with Crippen molar-refractivity contribution in [3.05, 3.63) is 41.6 Å². The molecule has 1 aliphatic rings. The first-order chi connectivity index (χ1) is 13.7. The van der Waals surface area contributed by atoms with Crippen LogP contribution in [-0.2, 0) is 6.54 Å². The maximum Gasteiger partial charge on any atom is 0.251 e. The van der Waals surface area contributed by atoms with Crippen LogP contribution in [0.4, 0.5) is 5.82 Å². The molecule has 1 saturated heterocycles. The Morgan fingerprint density at radius 1 is 1.21 bits per heavy atom. The molecule has 3 aromatic rings. The minimum atomic E-state index is -0.0632. The van der Waals surface area contributed by atoms with E-state index in [-0.39, 0.29) is 5.91 Å². The van der Waals surface area contributed by atoms with Crippen molar-refractivity contribution in [2.45, 2.75) is 31.5 Å². The average molecular weight is 397 g/mol. The lowest BCUT2D eigenvalue weighted by Crippen LogP contribution is -2.28. The van der Waals surface area contributed by atoms with Gasteiger partial charge in [0.25, 0.3) is 5.91 Å². The highest BCUT2D eigenvalue weighted by Crippen LogP contribution is 2.28. The minimum Gasteiger partial charge on any atom is -0.356 e. The van der Waals surface area contributed by atoms with E-state index in [0.29, 0.717) is 18.7 Å². The lowest BCUT2D eigenvalue weighted by Gasteiger charge is -2.17. The van der Waals surface area contributed by atoms with E-state index in [0.717, 1.165) is 40.7 Å². The fourth-order valence-corrected chi connectivity index (χ4v) is 3.90. The summed E-state index contributed by atoms with van der Waals surface area (Å²) in [5, 5.41) is 9.23. The van der Waals surface area contributed by atoms with Crippen LogP contribution in [0.3, 0.4) is 0 Å². The zero-order chi connectivity index (χ0) is 19.5. The van der Waals surface area contributed by atoms with E-state index in [1.807, 2.05) is 48.3 Å². The second-order valence-electron chi connectivity index (χ2n) is 6.90. The van der Waals surface area contributed by atoms with Gasteiger partial charge in [-0.1, -0.05) is 30.0 Å². The van der Waals surface area contributed by atoms with Gasteiger partial charge in [-0.15, -0.1) is 0 Å². The summed E-state index contributed by atoms with van der Waals surface area (Å²) in [6, 6.07) is 7.59. The molecular weight excluding hydrogens is 372 g/mol. The van der Waals surface area contributed by atoms with Crippen LogP contribution in [0.1, 0.15) is 28.8 Å². The summed E-state index contributed by atoms with van der Waals surface area (Å²) in [4.78, 5) is 24.1. The fraction of sp³-hybridized carbons (Fsp3) is 0.400. The van der Waals surface area contributed by atoms with E-state index in [9.17, 15) is 4.79 Å². The van der Waals surface area contributed by atoms with Crippen molar-refractivity contribution in [1.82, 2.24) is 25.1 Å². The highest BCUT2D eigenvalue weighted by molar-refractivity contribution is 7.98. The number of aromatic nitrogens is 4. The summed E-state index contributed by atoms with van der Waals surface area (Å²) >= 11 is 1.54. The molecule has 0 bridgehead atoms. The molecule has 1 N–H and O–H groups in total. The monoisotopic (exact) mass is 396 g/mol. The molecule has 0 unspecified atom stereocenters. The van der Waals surface area contributed by atoms with Crippen molar-refractivity contribution >= 4 is 34.5 Å². The summed E-state index contributed by atoms with van der Waals surface area (Å²) in [7, 11) is 0. The number of nitrogens with one attached hydrogen (secondary N) is 1. The summed E-state index contributed by atoms with van der Waals surface area (Å²) in [6.45, 7) is 5.04. The number of hydrogen-bond donors (Lipinski definition) is 1. The van der Waals surface area contributed by atoms with Crippen LogP contribution in [-0.4, -0.2) is 51.5 Å². The van der Waals surface area contributed by atoms with Crippen LogP contribution in [0.15, 0.2) is 35.6 Å². The lowest BCUT2D eigenvalue weighted by atomic mass is 10.1. The maximum atomic E-state index is 12.4. The number of nitrogens with zero attached hydrogens (tertiary/aromatic N) is 5. The summed E-state index contributed by atoms with van der Waals surface area (Å²) < 4.78 is 1.86. The van der Waals surface area contributed by atoms with Crippen molar-refractivity contribution in [2.24, 2.45) is 0 Å². The van der Waals surface area contributed by atoms with Gasteiger partial charge in [0.05, 0.1) is 18.1 Å². The second kappa shape index (κ2) is 8.18. The van der Waals surface area contributed by atoms with Crippen LogP contribution in [0.2, 0.25) is 0 Å². The Bertz CT molecular complexity index is 996. The number of aryl methyl sites for hydroxylation is 1. The molecule has 1 aliphatic heterocycles. The van der Waals surface area contributed by atoms with Crippen LogP contribution < -0.4 is 10.2 Å². The largest absolute Gasteiger partial charge is 0.356 e. The molecule has 28 heavy (non-hydrogen) atoms. The number of carbonyl (C=O) groups is 1. The zero-order valence-electron chi connectivity index (χ0n) is 16.2. The third-order valence-corrected chi connectivity index (χ3v) is 5.59. The van der Waals surface area contributed by atoms with Gasteiger partial charge in [0, 0.05) is 25.2 Å². The molecule has 0 aliphatic carbocycles. The Hall–Kier alpha value is -2.61. The molecule has 0 atom stereocenters. The lowest BCUT2D eigenvalue weighted by molar-refractivity contribution is 0.0951. The Morgan fingerprint density at radius 3 is 2.75 bits per heavy atom. The quantitative estimate of drug-likeness (QED) is 0.510. The number of hydrogen-bond acceptors (Lipinski definition) is 6. The molecule has 1 amide bonds. The molecule has 1 aromatic carbocycles. The Balaban J connectivity index is 1.52. The number of anilines is 1. The van der Waals surface area contributed by atoms with Gasteiger partial charge in [0.15, 0.2) is 10.8 Å². The Morgan fingerprint density at radius 2 is 2.00 bits per heavy atom. The minimum absolute atomic E-state index is 0.0632. The Kier molecular flexibility index (Phi) is 5.47. The highest BCUT2D eigenvalue weighted by Gasteiger charge is 2.20. The van der Waals surface area contributed by atoms with Crippen molar-refractivity contribution in [3.63, 3.8) is 0 Å². The molecule has 2 aromatic heterocycles. The van der Waals surface area contributed by atoms with E-state index in [1.54, 1.807) is 0 Å². The van der Waals surface area contributed by atoms with E-state index >= 15 is 0 Å². The fourth-order valence-electron chi connectivity index (χ4n) is 3.54. The molecule has 0 radical (unpaired) electrons. The van der Waals surface area contributed by atoms with Gasteiger partial charge < -0.3 is 10.2 Å². The maximum absolute atomic E-state index is 12.4. The molecule has 146 valence electrons. The molecular formula is C20H24N6OS. The van der Waals surface area contributed by atoms with Gasteiger partial charge in [0.1, 0.15) is 5.82 Å². The highest BCUT2D eigenvalue weighted by atomic mass is 32.2. The van der Waals surface area contributed by atoms with E-state index in [4.69, 9.17) is 4.98 Å². The van der Waals surface area contributed by atoms with Crippen molar-refractivity contribution in [3.8, 4) is 0 Å². The smallest absolute Gasteiger partial charge is 0.251 e. The van der Waals surface area contributed by atoms with Gasteiger partial charge in [-0.25, -0.2) is 14.6 Å². The molecule has 0 saturated carbocycles. The number of amides is 1. The van der Waals surface area contributed by atoms with Gasteiger partial charge in [-0.2, -0.15) is 5.10 Å². The predicted molar refractivity (Wildman–Crippen MR) is 112 cm³/mol. The number of benzene rings is 1. The number of fused-ring (bicyclic) bond motifs is 1. The third-order valence-electron chi connectivity index (χ3n) is 5.04. The summed E-state index contributed by atoms with van der Waals surface area (Å²) in [5.41, 5.74) is 2.50. The second-order valence-corrected chi connectivity index (χ2v) is 7.68.